The molecule has 2 aromatic carbocycles. The largest absolute Gasteiger partial charge is 0.352 e. The minimum atomic E-state index is -3.51. The number of rotatable bonds is 11. The second kappa shape index (κ2) is 12.4. The van der Waals surface area contributed by atoms with Gasteiger partial charge in [0.1, 0.15) is 6.04 Å². The van der Waals surface area contributed by atoms with E-state index in [-0.39, 0.29) is 30.8 Å². The average Bonchev–Trinajstić information content (AvgIpc) is 3.34. The van der Waals surface area contributed by atoms with E-state index >= 15 is 0 Å². The maximum absolute atomic E-state index is 13.4. The molecule has 1 unspecified atom stereocenters. The summed E-state index contributed by atoms with van der Waals surface area (Å²) in [6.07, 6.45) is 5.86. The summed E-state index contributed by atoms with van der Waals surface area (Å²) < 4.78 is 26.4. The molecule has 1 atom stereocenters. The van der Waals surface area contributed by atoms with Crippen LogP contribution in [0.15, 0.2) is 48.5 Å². The lowest BCUT2D eigenvalue weighted by Crippen LogP contribution is -2.49. The molecule has 36 heavy (non-hydrogen) atoms. The van der Waals surface area contributed by atoms with E-state index in [1.165, 1.54) is 10.6 Å². The molecule has 0 spiro atoms. The maximum atomic E-state index is 13.4. The molecule has 1 aliphatic carbocycles. The fraction of sp³-hybridized carbons (Fsp3) is 0.500. The van der Waals surface area contributed by atoms with E-state index in [0.29, 0.717) is 18.7 Å². The van der Waals surface area contributed by atoms with E-state index in [1.54, 1.807) is 24.0 Å². The van der Waals surface area contributed by atoms with Crippen LogP contribution in [0.1, 0.15) is 62.1 Å². The van der Waals surface area contributed by atoms with Gasteiger partial charge in [0.05, 0.1) is 11.9 Å². The van der Waals surface area contributed by atoms with Crippen LogP contribution in [0.2, 0.25) is 0 Å². The fourth-order valence-electron chi connectivity index (χ4n) is 4.69. The molecule has 2 amide bonds. The highest BCUT2D eigenvalue weighted by molar-refractivity contribution is 7.92. The number of para-hydroxylation sites is 1. The number of carbonyl (C=O) groups excluding carboxylic acids is 2. The number of aryl methyl sites for hydroxylation is 2. The Labute approximate surface area is 215 Å². The van der Waals surface area contributed by atoms with E-state index in [2.05, 4.69) is 5.32 Å². The number of anilines is 1. The van der Waals surface area contributed by atoms with Crippen LogP contribution in [0.25, 0.3) is 0 Å². The first-order chi connectivity index (χ1) is 17.1. The minimum Gasteiger partial charge on any atom is -0.352 e. The van der Waals surface area contributed by atoms with Gasteiger partial charge in [-0.1, -0.05) is 60.9 Å². The number of benzene rings is 2. The molecule has 1 saturated carbocycles. The molecule has 0 radical (unpaired) electrons. The van der Waals surface area contributed by atoms with E-state index in [1.807, 2.05) is 50.2 Å². The van der Waals surface area contributed by atoms with Gasteiger partial charge in [0, 0.05) is 25.6 Å². The Balaban J connectivity index is 1.72. The van der Waals surface area contributed by atoms with Gasteiger partial charge in [0.25, 0.3) is 0 Å². The van der Waals surface area contributed by atoms with Crippen molar-refractivity contribution in [2.24, 2.45) is 0 Å². The molecule has 196 valence electrons. The maximum Gasteiger partial charge on any atom is 0.242 e. The van der Waals surface area contributed by atoms with Crippen molar-refractivity contribution in [1.29, 1.82) is 0 Å². The molecule has 7 nitrogen and oxygen atoms in total. The van der Waals surface area contributed by atoms with Crippen molar-refractivity contribution >= 4 is 27.5 Å². The van der Waals surface area contributed by atoms with Gasteiger partial charge < -0.3 is 10.2 Å². The van der Waals surface area contributed by atoms with Crippen LogP contribution < -0.4 is 9.62 Å². The Morgan fingerprint density at radius 3 is 2.28 bits per heavy atom. The average molecular weight is 514 g/mol. The molecule has 3 rings (SSSR count). The van der Waals surface area contributed by atoms with Crippen molar-refractivity contribution in [2.75, 3.05) is 17.1 Å². The van der Waals surface area contributed by atoms with Gasteiger partial charge in [0.2, 0.25) is 21.8 Å². The zero-order valence-electron chi connectivity index (χ0n) is 21.9. The molecule has 0 bridgehead atoms. The predicted molar refractivity (Wildman–Crippen MR) is 144 cm³/mol. The van der Waals surface area contributed by atoms with Crippen molar-refractivity contribution in [2.45, 2.75) is 77.9 Å². The molecule has 8 heteroatoms. The minimum absolute atomic E-state index is 0.139. The molecule has 0 saturated heterocycles. The first-order valence-electron chi connectivity index (χ1n) is 12.7. The number of carbonyl (C=O) groups is 2. The lowest BCUT2D eigenvalue weighted by molar-refractivity contribution is -0.141. The molecule has 1 aliphatic rings. The van der Waals surface area contributed by atoms with Crippen LogP contribution in [0, 0.1) is 13.8 Å². The van der Waals surface area contributed by atoms with E-state index in [0.717, 1.165) is 42.4 Å². The van der Waals surface area contributed by atoms with Crippen molar-refractivity contribution in [3.63, 3.8) is 0 Å². The second-order valence-electron chi connectivity index (χ2n) is 9.90. The second-order valence-corrected chi connectivity index (χ2v) is 11.8. The van der Waals surface area contributed by atoms with Crippen molar-refractivity contribution in [3.05, 3.63) is 65.2 Å². The number of nitrogens with zero attached hydrogens (tertiary/aromatic N) is 2. The van der Waals surface area contributed by atoms with E-state index in [9.17, 15) is 18.0 Å². The number of hydrogen-bond acceptors (Lipinski definition) is 4. The Bertz CT molecular complexity index is 1140. The molecular weight excluding hydrogens is 474 g/mol. The number of nitrogens with one attached hydrogen (secondary N) is 1. The molecule has 0 heterocycles. The summed E-state index contributed by atoms with van der Waals surface area (Å²) >= 11 is 0. The van der Waals surface area contributed by atoms with Crippen molar-refractivity contribution in [3.8, 4) is 0 Å². The highest BCUT2D eigenvalue weighted by atomic mass is 32.2. The van der Waals surface area contributed by atoms with Crippen molar-refractivity contribution < 1.29 is 18.0 Å². The molecule has 1 fully saturated rings. The summed E-state index contributed by atoms with van der Waals surface area (Å²) in [7, 11) is -3.51. The van der Waals surface area contributed by atoms with Crippen LogP contribution in [-0.2, 0) is 26.2 Å². The lowest BCUT2D eigenvalue weighted by atomic mass is 10.1. The Kier molecular flexibility index (Phi) is 9.54. The van der Waals surface area contributed by atoms with Crippen molar-refractivity contribution in [1.82, 2.24) is 10.2 Å². The molecular formula is C28H39N3O4S. The van der Waals surface area contributed by atoms with Crippen LogP contribution in [0.3, 0.4) is 0 Å². The lowest BCUT2D eigenvalue weighted by Gasteiger charge is -2.30. The summed E-state index contributed by atoms with van der Waals surface area (Å²) in [5, 5.41) is 3.11. The topological polar surface area (TPSA) is 86.8 Å². The molecule has 2 aromatic rings. The predicted octanol–water partition coefficient (Wildman–Crippen LogP) is 4.33. The third-order valence-electron chi connectivity index (χ3n) is 6.88. The third-order valence-corrected chi connectivity index (χ3v) is 8.06. The van der Waals surface area contributed by atoms with Gasteiger partial charge in [-0.2, -0.15) is 0 Å². The number of amides is 2. The monoisotopic (exact) mass is 513 g/mol. The number of hydrogen-bond donors (Lipinski definition) is 1. The van der Waals surface area contributed by atoms with Gasteiger partial charge >= 0.3 is 0 Å². The molecule has 0 aromatic heterocycles. The Morgan fingerprint density at radius 1 is 1.03 bits per heavy atom. The first-order valence-corrected chi connectivity index (χ1v) is 14.6. The van der Waals surface area contributed by atoms with Gasteiger partial charge in [-0.25, -0.2) is 8.42 Å². The standard InChI is InChI=1S/C28H39N3O4S/c1-21-15-17-24(18-16-21)20-30(23(3)28(33)29-25-11-6-7-12-25)27(32)14-9-19-31(36(4,34)35)26-13-8-5-10-22(26)2/h5,8,10,13,15-18,23,25H,6-7,9,11-12,14,19-20H2,1-4H3,(H,29,33). The van der Waals surface area contributed by atoms with Crippen LogP contribution in [-0.4, -0.2) is 50.0 Å². The quantitative estimate of drug-likeness (QED) is 0.485. The van der Waals surface area contributed by atoms with Crippen LogP contribution in [0.5, 0.6) is 0 Å². The summed E-state index contributed by atoms with van der Waals surface area (Å²) in [5.74, 6) is -0.303. The van der Waals surface area contributed by atoms with E-state index in [4.69, 9.17) is 0 Å². The molecule has 0 aliphatic heterocycles. The van der Waals surface area contributed by atoms with E-state index < -0.39 is 16.1 Å². The smallest absolute Gasteiger partial charge is 0.242 e. The zero-order chi connectivity index (χ0) is 26.3. The molecule has 1 N–H and O–H groups in total. The van der Waals surface area contributed by atoms with Crippen LogP contribution >= 0.6 is 0 Å². The van der Waals surface area contributed by atoms with Crippen LogP contribution in [0.4, 0.5) is 5.69 Å². The summed E-state index contributed by atoms with van der Waals surface area (Å²) in [6.45, 7) is 6.16. The van der Waals surface area contributed by atoms with Gasteiger partial charge in [-0.3, -0.25) is 13.9 Å². The van der Waals surface area contributed by atoms with Gasteiger partial charge in [0.15, 0.2) is 0 Å². The SMILES string of the molecule is Cc1ccc(CN(C(=O)CCCN(c2ccccc2C)S(C)(=O)=O)C(C)C(=O)NC2CCCC2)cc1. The van der Waals surface area contributed by atoms with Gasteiger partial charge in [-0.15, -0.1) is 0 Å². The third kappa shape index (κ3) is 7.56. The highest BCUT2D eigenvalue weighted by Gasteiger charge is 2.28. The highest BCUT2D eigenvalue weighted by Crippen LogP contribution is 2.23. The number of sulfonamides is 1. The zero-order valence-corrected chi connectivity index (χ0v) is 22.7. The first kappa shape index (κ1) is 27.7. The fourth-order valence-corrected chi connectivity index (χ4v) is 5.71. The normalized spacial score (nSPS) is 14.9. The summed E-state index contributed by atoms with van der Waals surface area (Å²) in [6, 6.07) is 14.8. The summed E-state index contributed by atoms with van der Waals surface area (Å²) in [5.41, 5.74) is 3.55. The Hall–Kier alpha value is -2.87. The summed E-state index contributed by atoms with van der Waals surface area (Å²) in [4.78, 5) is 28.1. The van der Waals surface area contributed by atoms with Gasteiger partial charge in [-0.05, 0) is 57.2 Å². The Morgan fingerprint density at radius 2 is 1.67 bits per heavy atom.